The molecule has 0 amide bonds. The number of sulfone groups is 1. The monoisotopic (exact) mass is 334 g/mol. The molecule has 0 saturated carbocycles. The zero-order valence-corrected chi connectivity index (χ0v) is 13.5. The van der Waals surface area contributed by atoms with E-state index in [2.05, 4.69) is 4.98 Å². The molecule has 2 aromatic rings. The molecule has 4 nitrogen and oxygen atoms in total. The minimum absolute atomic E-state index is 0.104. The molecule has 7 heteroatoms. The highest BCUT2D eigenvalue weighted by molar-refractivity contribution is 7.91. The number of rotatable bonds is 6. The second-order valence-electron chi connectivity index (χ2n) is 4.49. The smallest absolute Gasteiger partial charge is 0.151 e. The van der Waals surface area contributed by atoms with Crippen molar-refractivity contribution in [3.05, 3.63) is 29.0 Å². The Morgan fingerprint density at radius 1 is 1.35 bits per heavy atom. The molecule has 0 unspecified atom stereocenters. The lowest BCUT2D eigenvalue weighted by Gasteiger charge is -2.08. The van der Waals surface area contributed by atoms with E-state index in [4.69, 9.17) is 23.2 Å². The summed E-state index contributed by atoms with van der Waals surface area (Å²) < 4.78 is 25.3. The third kappa shape index (κ3) is 3.45. The van der Waals surface area contributed by atoms with Gasteiger partial charge < -0.3 is 4.57 Å². The topological polar surface area (TPSA) is 52.0 Å². The zero-order valence-electron chi connectivity index (χ0n) is 11.1. The van der Waals surface area contributed by atoms with Gasteiger partial charge in [-0.05, 0) is 18.2 Å². The first-order valence-electron chi connectivity index (χ1n) is 6.38. The van der Waals surface area contributed by atoms with Gasteiger partial charge in [0.2, 0.25) is 0 Å². The Bertz CT molecular complexity index is 710. The molecule has 0 spiro atoms. The van der Waals surface area contributed by atoms with Crippen LogP contribution in [0.15, 0.2) is 18.2 Å². The summed E-state index contributed by atoms with van der Waals surface area (Å²) in [5, 5.41) is 0.612. The van der Waals surface area contributed by atoms with E-state index in [-0.39, 0.29) is 11.5 Å². The van der Waals surface area contributed by atoms with Crippen LogP contribution in [0.5, 0.6) is 0 Å². The standard InChI is InChI=1S/C13H16Cl2N2O2S/c1-2-20(18,19)8-7-17-12-4-3-10(15)9-11(12)16-13(17)5-6-14/h3-4,9H,2,5-8H2,1H3. The van der Waals surface area contributed by atoms with E-state index in [9.17, 15) is 8.42 Å². The number of halogens is 2. The largest absolute Gasteiger partial charge is 0.327 e. The number of hydrogen-bond donors (Lipinski definition) is 0. The number of aromatic nitrogens is 2. The van der Waals surface area contributed by atoms with Crippen molar-refractivity contribution in [3.8, 4) is 0 Å². The van der Waals surface area contributed by atoms with E-state index in [1.54, 1.807) is 19.1 Å². The van der Waals surface area contributed by atoms with Crippen LogP contribution in [0, 0.1) is 0 Å². The van der Waals surface area contributed by atoms with E-state index in [0.717, 1.165) is 16.9 Å². The average Bonchev–Trinajstić information content (AvgIpc) is 2.73. The third-order valence-corrected chi connectivity index (χ3v) is 5.28. The summed E-state index contributed by atoms with van der Waals surface area (Å²) in [6.07, 6.45) is 0.597. The Hall–Kier alpha value is -0.780. The van der Waals surface area contributed by atoms with E-state index >= 15 is 0 Å². The molecule has 0 aliphatic carbocycles. The number of fused-ring (bicyclic) bond motifs is 1. The van der Waals surface area contributed by atoms with Gasteiger partial charge in [-0.25, -0.2) is 13.4 Å². The Morgan fingerprint density at radius 3 is 2.75 bits per heavy atom. The minimum Gasteiger partial charge on any atom is -0.327 e. The summed E-state index contributed by atoms with van der Waals surface area (Å²) >= 11 is 11.7. The molecule has 1 aromatic carbocycles. The van der Waals surface area contributed by atoms with Crippen LogP contribution < -0.4 is 0 Å². The van der Waals surface area contributed by atoms with Gasteiger partial charge in [0.15, 0.2) is 9.84 Å². The van der Waals surface area contributed by atoms with E-state index in [1.165, 1.54) is 0 Å². The second-order valence-corrected chi connectivity index (χ2v) is 7.78. The fraction of sp³-hybridized carbons (Fsp3) is 0.462. The molecule has 20 heavy (non-hydrogen) atoms. The minimum atomic E-state index is -3.01. The van der Waals surface area contributed by atoms with Crippen molar-refractivity contribution in [2.24, 2.45) is 0 Å². The molecular formula is C13H16Cl2N2O2S. The van der Waals surface area contributed by atoms with Crippen molar-refractivity contribution in [3.63, 3.8) is 0 Å². The number of benzene rings is 1. The molecule has 0 N–H and O–H groups in total. The predicted octanol–water partition coefficient (Wildman–Crippen LogP) is 2.91. The van der Waals surface area contributed by atoms with Gasteiger partial charge in [0.25, 0.3) is 0 Å². The maximum absolute atomic E-state index is 11.7. The molecule has 0 radical (unpaired) electrons. The van der Waals surface area contributed by atoms with Crippen LogP contribution in [0.3, 0.4) is 0 Å². The van der Waals surface area contributed by atoms with Crippen LogP contribution in [0.2, 0.25) is 5.02 Å². The molecule has 0 atom stereocenters. The van der Waals surface area contributed by atoms with Gasteiger partial charge in [0, 0.05) is 29.6 Å². The molecule has 1 heterocycles. The fourth-order valence-electron chi connectivity index (χ4n) is 2.05. The molecule has 110 valence electrons. The van der Waals surface area contributed by atoms with E-state index in [0.29, 0.717) is 23.9 Å². The summed E-state index contributed by atoms with van der Waals surface area (Å²) in [5.41, 5.74) is 1.66. The van der Waals surface area contributed by atoms with Gasteiger partial charge in [0.1, 0.15) is 5.82 Å². The van der Waals surface area contributed by atoms with E-state index in [1.807, 2.05) is 10.6 Å². The van der Waals surface area contributed by atoms with Crippen molar-refractivity contribution in [2.75, 3.05) is 17.4 Å². The number of imidazole rings is 1. The molecule has 0 aliphatic heterocycles. The molecule has 1 aromatic heterocycles. The fourth-order valence-corrected chi connectivity index (χ4v) is 3.14. The summed E-state index contributed by atoms with van der Waals surface area (Å²) in [4.78, 5) is 4.49. The highest BCUT2D eigenvalue weighted by Gasteiger charge is 2.14. The van der Waals surface area contributed by atoms with Crippen molar-refractivity contribution in [2.45, 2.75) is 19.9 Å². The van der Waals surface area contributed by atoms with Crippen LogP contribution in [-0.4, -0.2) is 35.4 Å². The highest BCUT2D eigenvalue weighted by Crippen LogP contribution is 2.21. The first-order chi connectivity index (χ1) is 9.46. The summed E-state index contributed by atoms with van der Waals surface area (Å²) in [6, 6.07) is 5.42. The first kappa shape index (κ1) is 15.6. The zero-order chi connectivity index (χ0) is 14.8. The molecule has 0 saturated heterocycles. The third-order valence-electron chi connectivity index (χ3n) is 3.17. The van der Waals surface area contributed by atoms with Crippen LogP contribution in [0.1, 0.15) is 12.7 Å². The molecule has 0 fully saturated rings. The number of aryl methyl sites for hydroxylation is 2. The Balaban J connectivity index is 2.41. The van der Waals surface area contributed by atoms with Gasteiger partial charge >= 0.3 is 0 Å². The highest BCUT2D eigenvalue weighted by atomic mass is 35.5. The quantitative estimate of drug-likeness (QED) is 0.763. The average molecular weight is 335 g/mol. The normalized spacial score (nSPS) is 12.2. The van der Waals surface area contributed by atoms with Gasteiger partial charge in [-0.1, -0.05) is 18.5 Å². The first-order valence-corrected chi connectivity index (χ1v) is 9.11. The van der Waals surface area contributed by atoms with Gasteiger partial charge in [-0.15, -0.1) is 11.6 Å². The van der Waals surface area contributed by atoms with Crippen LogP contribution in [0.25, 0.3) is 11.0 Å². The molecular weight excluding hydrogens is 319 g/mol. The number of nitrogens with zero attached hydrogens (tertiary/aromatic N) is 2. The maximum atomic E-state index is 11.7. The van der Waals surface area contributed by atoms with Gasteiger partial charge in [0.05, 0.1) is 16.8 Å². The summed E-state index contributed by atoms with van der Waals surface area (Å²) in [7, 11) is -3.01. The maximum Gasteiger partial charge on any atom is 0.151 e. The molecule has 0 bridgehead atoms. The lowest BCUT2D eigenvalue weighted by atomic mass is 10.3. The van der Waals surface area contributed by atoms with Crippen molar-refractivity contribution in [1.82, 2.24) is 9.55 Å². The SMILES string of the molecule is CCS(=O)(=O)CCn1c(CCCl)nc2cc(Cl)ccc21. The lowest BCUT2D eigenvalue weighted by molar-refractivity contribution is 0.589. The van der Waals surface area contributed by atoms with E-state index < -0.39 is 9.84 Å². The number of alkyl halides is 1. The van der Waals surface area contributed by atoms with Crippen molar-refractivity contribution < 1.29 is 8.42 Å². The summed E-state index contributed by atoms with van der Waals surface area (Å²) in [6.45, 7) is 2.04. The van der Waals surface area contributed by atoms with Crippen LogP contribution in [-0.2, 0) is 22.8 Å². The van der Waals surface area contributed by atoms with Crippen LogP contribution in [0.4, 0.5) is 0 Å². The van der Waals surface area contributed by atoms with Gasteiger partial charge in [-0.2, -0.15) is 0 Å². The number of hydrogen-bond acceptors (Lipinski definition) is 3. The Labute approximate surface area is 128 Å². The van der Waals surface area contributed by atoms with Gasteiger partial charge in [-0.3, -0.25) is 0 Å². The van der Waals surface area contributed by atoms with Crippen molar-refractivity contribution in [1.29, 1.82) is 0 Å². The second kappa shape index (κ2) is 6.33. The van der Waals surface area contributed by atoms with Crippen LogP contribution >= 0.6 is 23.2 Å². The molecule has 2 rings (SSSR count). The molecule has 0 aliphatic rings. The van der Waals surface area contributed by atoms with Crippen molar-refractivity contribution >= 4 is 44.1 Å². The Morgan fingerprint density at radius 2 is 2.10 bits per heavy atom. The summed E-state index contributed by atoms with van der Waals surface area (Å²) in [5.74, 6) is 1.49. The Kier molecular flexibility index (Phi) is 4.94. The predicted molar refractivity (Wildman–Crippen MR) is 83.5 cm³/mol. The lowest BCUT2D eigenvalue weighted by Crippen LogP contribution is -2.16.